The van der Waals surface area contributed by atoms with Crippen LogP contribution >= 0.6 is 49.5 Å². The van der Waals surface area contributed by atoms with E-state index in [1.165, 1.54) is 91.9 Å². The number of sulfone groups is 1. The Morgan fingerprint density at radius 2 is 1.16 bits per heavy atom. The number of phenols is 2. The predicted molar refractivity (Wildman–Crippen MR) is 280 cm³/mol. The van der Waals surface area contributed by atoms with Gasteiger partial charge in [0.2, 0.25) is 7.37 Å². The number of aryl methyl sites for hydroxylation is 1. The van der Waals surface area contributed by atoms with Gasteiger partial charge < -0.3 is 40.8 Å². The second-order valence-electron chi connectivity index (χ2n) is 16.5. The van der Waals surface area contributed by atoms with Crippen molar-refractivity contribution in [2.75, 3.05) is 12.4 Å². The molecule has 386 valence electrons. The number of benzene rings is 6. The van der Waals surface area contributed by atoms with E-state index in [0.717, 1.165) is 12.3 Å². The lowest BCUT2D eigenvalue weighted by Crippen LogP contribution is -2.42. The van der Waals surface area contributed by atoms with E-state index in [2.05, 4.69) is 22.2 Å². The quantitative estimate of drug-likeness (QED) is 0.0254. The third-order valence-corrected chi connectivity index (χ3v) is 16.1. The number of amides is 2. The number of ketones is 1. The largest absolute Gasteiger partial charge is 0.508 e. The van der Waals surface area contributed by atoms with Gasteiger partial charge in [0.25, 0.3) is 11.8 Å². The average Bonchev–Trinajstić information content (AvgIpc) is 3.32. The van der Waals surface area contributed by atoms with Crippen LogP contribution in [0.2, 0.25) is 15.1 Å². The fraction of sp³-hybridized carbons (Fsp3) is 0.157. The number of Topliss-reactive ketones (excluding diaryl/α,β-unsaturated/α-hetero) is 1. The number of aromatic hydroxyl groups is 2. The zero-order valence-corrected chi connectivity index (χ0v) is 43.8. The van der Waals surface area contributed by atoms with Gasteiger partial charge in [-0.15, -0.1) is 0 Å². The molecule has 6 rings (SSSR count). The van der Waals surface area contributed by atoms with Gasteiger partial charge in [0, 0.05) is 41.7 Å². The van der Waals surface area contributed by atoms with E-state index in [4.69, 9.17) is 34.8 Å². The van der Waals surface area contributed by atoms with Crippen molar-refractivity contribution < 1.29 is 71.7 Å². The Labute approximate surface area is 439 Å². The van der Waals surface area contributed by atoms with Crippen molar-refractivity contribution in [3.05, 3.63) is 181 Å². The first-order valence-electron chi connectivity index (χ1n) is 21.6. The summed E-state index contributed by atoms with van der Waals surface area (Å²) in [7, 11) is -11.4. The molecule has 0 aliphatic rings. The van der Waals surface area contributed by atoms with Crippen LogP contribution < -0.4 is 21.2 Å². The molecule has 23 heteroatoms. The summed E-state index contributed by atoms with van der Waals surface area (Å²) in [6.07, 6.45) is 0.842. The number of phenolic OH excluding ortho intramolecular Hbond substituents is 2. The Morgan fingerprint density at radius 1 is 0.635 bits per heavy atom. The summed E-state index contributed by atoms with van der Waals surface area (Å²) < 4.78 is 48.8. The summed E-state index contributed by atoms with van der Waals surface area (Å²) in [5.41, 5.74) is 4.14. The van der Waals surface area contributed by atoms with Gasteiger partial charge in [0.15, 0.2) is 15.6 Å². The van der Waals surface area contributed by atoms with E-state index in [0.29, 0.717) is 22.3 Å². The number of hydrogen-bond donors (Lipinski definition) is 8. The fourth-order valence-electron chi connectivity index (χ4n) is 6.93. The lowest BCUT2D eigenvalue weighted by Gasteiger charge is -2.16. The summed E-state index contributed by atoms with van der Waals surface area (Å²) in [4.78, 5) is 81.5. The summed E-state index contributed by atoms with van der Waals surface area (Å²) in [6, 6.07) is 27.2. The van der Waals surface area contributed by atoms with Gasteiger partial charge >= 0.3 is 19.3 Å². The van der Waals surface area contributed by atoms with E-state index in [1.807, 2.05) is 0 Å². The Hall–Kier alpha value is -6.77. The molecular weight excluding hydrogens is 1080 g/mol. The number of nitrogens with one attached hydrogen (secondary N) is 2. The Balaban J connectivity index is 0.000000274. The van der Waals surface area contributed by atoms with E-state index in [1.54, 1.807) is 36.4 Å². The zero-order chi connectivity index (χ0) is 54.7. The molecule has 0 aliphatic heterocycles. The maximum atomic E-state index is 12.9. The second kappa shape index (κ2) is 25.0. The molecule has 0 saturated carbocycles. The zero-order valence-electron chi connectivity index (χ0n) is 38.9. The molecule has 0 spiro atoms. The van der Waals surface area contributed by atoms with Crippen LogP contribution in [0.15, 0.2) is 132 Å². The summed E-state index contributed by atoms with van der Waals surface area (Å²) >= 11 is 18.7. The highest BCUT2D eigenvalue weighted by Crippen LogP contribution is 2.41. The maximum Gasteiger partial charge on any atom is 0.326 e. The highest BCUT2D eigenvalue weighted by molar-refractivity contribution is 7.90. The normalized spacial score (nSPS) is 13.4. The number of carbonyl (C=O) groups excluding carboxylic acids is 3. The molecule has 0 fully saturated rings. The molecule has 0 bridgehead atoms. The van der Waals surface area contributed by atoms with Crippen LogP contribution in [0.1, 0.15) is 60.3 Å². The standard InChI is InChI=1S/C26H20Cl2NO7P.C25H25ClNO8PS/c1-15(30)18-5-2-4-16(10-18)13-23(26(33)34)29-25(32)24-21(27)11-17(12-22(24)28)8-9-37(35,36)20-7-3-6-19(31)14-20;1-37(34,35)20-7-2-4-17(12-20)14-23(25(30)31)27-24(29)21-9-8-16(13-22(21)26)10-11-36(32,33)19-6-3-5-18(28)15-19/h2-7,10-12,14,23,31H,13H2,1H3,(H,29,32)(H,33,34)(H,35,36);2-9,12-13,15,23,28H,10-11,14H2,1H3,(H,27,29)(H,30,31)(H,32,33)/t2*23-/m00/s1. The van der Waals surface area contributed by atoms with Crippen LogP contribution in [0.3, 0.4) is 0 Å². The van der Waals surface area contributed by atoms with Crippen LogP contribution in [0.5, 0.6) is 11.5 Å². The van der Waals surface area contributed by atoms with Crippen LogP contribution in [0, 0.1) is 11.6 Å². The Bertz CT molecular complexity index is 3430. The molecule has 2 unspecified atom stereocenters. The molecule has 0 radical (unpaired) electrons. The smallest absolute Gasteiger partial charge is 0.326 e. The molecule has 0 heterocycles. The predicted octanol–water partition coefficient (Wildman–Crippen LogP) is 7.25. The van der Waals surface area contributed by atoms with Crippen molar-refractivity contribution in [1.29, 1.82) is 0 Å². The number of rotatable bonds is 17. The van der Waals surface area contributed by atoms with Gasteiger partial charge in [0.1, 0.15) is 23.6 Å². The van der Waals surface area contributed by atoms with E-state index >= 15 is 0 Å². The molecular formula is C51H45Cl3N2O15P2S. The van der Waals surface area contributed by atoms with Gasteiger partial charge in [-0.25, -0.2) is 18.0 Å². The van der Waals surface area contributed by atoms with Gasteiger partial charge in [-0.05, 0) is 115 Å². The van der Waals surface area contributed by atoms with E-state index in [9.17, 15) is 71.7 Å². The molecule has 0 aromatic heterocycles. The topological polar surface area (TPSA) is 299 Å². The minimum Gasteiger partial charge on any atom is -0.508 e. The van der Waals surface area contributed by atoms with Crippen LogP contribution in [0.25, 0.3) is 0 Å². The molecule has 4 atom stereocenters. The lowest BCUT2D eigenvalue weighted by atomic mass is 10.0. The molecule has 2 amide bonds. The third kappa shape index (κ3) is 16.4. The number of carboxylic acids is 2. The van der Waals surface area contributed by atoms with Gasteiger partial charge in [-0.1, -0.05) is 89.3 Å². The molecule has 74 heavy (non-hydrogen) atoms. The molecule has 0 aliphatic carbocycles. The maximum absolute atomic E-state index is 12.9. The van der Waals surface area contributed by atoms with Crippen LogP contribution in [-0.2, 0) is 47.8 Å². The van der Waals surface area contributed by atoms with Crippen molar-refractivity contribution in [2.45, 2.75) is 43.2 Å². The van der Waals surface area contributed by atoms with E-state index < -0.39 is 60.4 Å². The van der Waals surface area contributed by atoms with Gasteiger partial charge in [0.05, 0.1) is 36.4 Å². The molecule has 0 saturated heterocycles. The Morgan fingerprint density at radius 3 is 1.70 bits per heavy atom. The summed E-state index contributed by atoms with van der Waals surface area (Å²) in [5, 5.41) is 42.9. The minimum absolute atomic E-state index is 0.0155. The lowest BCUT2D eigenvalue weighted by molar-refractivity contribution is -0.140. The number of hydrogen-bond acceptors (Lipinski definition) is 11. The third-order valence-electron chi connectivity index (χ3n) is 10.8. The number of carboxylic acid groups (broad SMARTS) is 2. The summed E-state index contributed by atoms with van der Waals surface area (Å²) in [6.45, 7) is 1.39. The number of carbonyl (C=O) groups is 5. The van der Waals surface area contributed by atoms with Crippen LogP contribution in [0.4, 0.5) is 0 Å². The van der Waals surface area contributed by atoms with Crippen molar-refractivity contribution in [3.63, 3.8) is 0 Å². The molecule has 17 nitrogen and oxygen atoms in total. The second-order valence-corrected chi connectivity index (χ2v) is 24.0. The molecule has 6 aromatic rings. The first-order chi connectivity index (χ1) is 34.6. The van der Waals surface area contributed by atoms with Crippen molar-refractivity contribution >= 4 is 99.5 Å². The molecule has 8 N–H and O–H groups in total. The highest BCUT2D eigenvalue weighted by Gasteiger charge is 2.27. The SMILES string of the molecule is CC(=O)c1cccc(C[C@H](NC(=O)c2c(Cl)cc(C#CP(=O)(O)c3cccc(O)c3)cc2Cl)C(=O)O)c1.CS(=O)(=O)c1cccc(C[C@H](NC(=O)c2ccc(CCP(=O)(O)c3cccc(O)c3)cc2Cl)C(=O)O)c1. The highest BCUT2D eigenvalue weighted by atomic mass is 35.5. The van der Waals surface area contributed by atoms with Crippen molar-refractivity contribution in [1.82, 2.24) is 10.6 Å². The minimum atomic E-state index is -4.14. The van der Waals surface area contributed by atoms with Gasteiger partial charge in [-0.2, -0.15) is 0 Å². The average molecular weight is 1130 g/mol. The molecule has 6 aromatic carbocycles. The van der Waals surface area contributed by atoms with Crippen LogP contribution in [-0.4, -0.2) is 92.7 Å². The fourth-order valence-corrected chi connectivity index (χ4v) is 11.0. The Kier molecular flexibility index (Phi) is 19.6. The van der Waals surface area contributed by atoms with E-state index in [-0.39, 0.29) is 90.0 Å². The first kappa shape index (κ1) is 58.1. The monoisotopic (exact) mass is 1120 g/mol. The summed E-state index contributed by atoms with van der Waals surface area (Å²) in [5.74, 6) is -2.21. The first-order valence-corrected chi connectivity index (χ1v) is 28.2. The number of halogens is 3. The van der Waals surface area contributed by atoms with Crippen molar-refractivity contribution in [2.24, 2.45) is 0 Å². The van der Waals surface area contributed by atoms with Gasteiger partial charge in [-0.3, -0.25) is 23.5 Å². The van der Waals surface area contributed by atoms with Crippen molar-refractivity contribution in [3.8, 4) is 23.1 Å². The number of aliphatic carboxylic acids is 2.